The molecule has 110 valence electrons. The van der Waals surface area contributed by atoms with E-state index in [2.05, 4.69) is 10.6 Å². The summed E-state index contributed by atoms with van der Waals surface area (Å²) in [5.41, 5.74) is 3.58. The van der Waals surface area contributed by atoms with Gasteiger partial charge in [-0.05, 0) is 48.4 Å². The van der Waals surface area contributed by atoms with E-state index in [4.69, 9.17) is 23.2 Å². The van der Waals surface area contributed by atoms with Crippen molar-refractivity contribution in [1.29, 1.82) is 0 Å². The van der Waals surface area contributed by atoms with Crippen molar-refractivity contribution in [3.05, 3.63) is 63.1 Å². The van der Waals surface area contributed by atoms with Crippen LogP contribution in [0.25, 0.3) is 0 Å². The predicted molar refractivity (Wildman–Crippen MR) is 88.4 cm³/mol. The molecule has 0 saturated heterocycles. The minimum absolute atomic E-state index is 0.0922. The van der Waals surface area contributed by atoms with E-state index < -0.39 is 0 Å². The van der Waals surface area contributed by atoms with E-state index in [0.717, 1.165) is 16.8 Å². The molecule has 0 atom stereocenters. The summed E-state index contributed by atoms with van der Waals surface area (Å²) in [6.45, 7) is 2.55. The molecule has 2 aromatic rings. The highest BCUT2D eigenvalue weighted by molar-refractivity contribution is 6.35. The summed E-state index contributed by atoms with van der Waals surface area (Å²) >= 11 is 12.0. The lowest BCUT2D eigenvalue weighted by Gasteiger charge is -2.12. The zero-order valence-electron chi connectivity index (χ0n) is 11.8. The minimum Gasteiger partial charge on any atom is -0.381 e. The lowest BCUT2D eigenvalue weighted by Crippen LogP contribution is -2.17. The van der Waals surface area contributed by atoms with Gasteiger partial charge in [-0.1, -0.05) is 29.3 Å². The van der Waals surface area contributed by atoms with Crippen LogP contribution in [0.15, 0.2) is 36.4 Å². The molecule has 21 heavy (non-hydrogen) atoms. The third-order valence-electron chi connectivity index (χ3n) is 3.20. The lowest BCUT2D eigenvalue weighted by atomic mass is 10.1. The van der Waals surface area contributed by atoms with E-state index in [1.54, 1.807) is 19.2 Å². The summed E-state index contributed by atoms with van der Waals surface area (Å²) in [6.07, 6.45) is 0. The fraction of sp³-hybridized carbons (Fsp3) is 0.188. The van der Waals surface area contributed by atoms with Crippen molar-refractivity contribution in [3.8, 4) is 0 Å². The first-order chi connectivity index (χ1) is 10.0. The highest BCUT2D eigenvalue weighted by Crippen LogP contribution is 2.23. The van der Waals surface area contributed by atoms with Crippen LogP contribution in [0.1, 0.15) is 21.5 Å². The third-order valence-corrected chi connectivity index (χ3v) is 3.79. The van der Waals surface area contributed by atoms with Crippen LogP contribution in [0.2, 0.25) is 10.0 Å². The molecule has 2 rings (SSSR count). The van der Waals surface area contributed by atoms with Crippen LogP contribution in [0.4, 0.5) is 5.69 Å². The monoisotopic (exact) mass is 322 g/mol. The van der Waals surface area contributed by atoms with Crippen LogP contribution in [0.5, 0.6) is 0 Å². The number of anilines is 1. The van der Waals surface area contributed by atoms with E-state index in [1.807, 2.05) is 31.2 Å². The van der Waals surface area contributed by atoms with Crippen LogP contribution >= 0.6 is 23.2 Å². The van der Waals surface area contributed by atoms with Gasteiger partial charge in [0.25, 0.3) is 5.91 Å². The van der Waals surface area contributed by atoms with Crippen LogP contribution in [0.3, 0.4) is 0 Å². The number of carbonyl (C=O) groups is 1. The van der Waals surface area contributed by atoms with Gasteiger partial charge in [0.05, 0.1) is 0 Å². The number of nitrogens with one attached hydrogen (secondary N) is 2. The highest BCUT2D eigenvalue weighted by Gasteiger charge is 2.07. The van der Waals surface area contributed by atoms with Crippen molar-refractivity contribution in [2.75, 3.05) is 12.4 Å². The van der Waals surface area contributed by atoms with Gasteiger partial charge >= 0.3 is 0 Å². The Labute approximate surface area is 134 Å². The van der Waals surface area contributed by atoms with Crippen molar-refractivity contribution in [1.82, 2.24) is 5.32 Å². The number of halogens is 2. The minimum atomic E-state index is -0.0922. The Kier molecular flexibility index (Phi) is 5.10. The van der Waals surface area contributed by atoms with Crippen LogP contribution < -0.4 is 10.6 Å². The molecule has 0 aliphatic rings. The second-order valence-corrected chi connectivity index (χ2v) is 5.54. The van der Waals surface area contributed by atoms with Gasteiger partial charge < -0.3 is 10.6 Å². The first kappa shape index (κ1) is 15.7. The normalized spacial score (nSPS) is 10.3. The number of hydrogen-bond donors (Lipinski definition) is 2. The van der Waals surface area contributed by atoms with E-state index >= 15 is 0 Å². The number of rotatable bonds is 4. The lowest BCUT2D eigenvalue weighted by molar-refractivity contribution is 0.0963. The Morgan fingerprint density at radius 2 is 1.90 bits per heavy atom. The molecule has 0 fully saturated rings. The Morgan fingerprint density at radius 1 is 1.14 bits per heavy atom. The second-order valence-electron chi connectivity index (χ2n) is 4.70. The maximum atomic E-state index is 11.6. The molecular formula is C16H16Cl2N2O. The molecule has 0 bridgehead atoms. The van der Waals surface area contributed by atoms with Crippen molar-refractivity contribution >= 4 is 34.8 Å². The van der Waals surface area contributed by atoms with Gasteiger partial charge in [-0.15, -0.1) is 0 Å². The van der Waals surface area contributed by atoms with Crippen molar-refractivity contribution in [2.45, 2.75) is 13.5 Å². The largest absolute Gasteiger partial charge is 0.381 e. The summed E-state index contributed by atoms with van der Waals surface area (Å²) < 4.78 is 0. The quantitative estimate of drug-likeness (QED) is 0.882. The average molecular weight is 323 g/mol. The van der Waals surface area contributed by atoms with Crippen molar-refractivity contribution < 1.29 is 4.79 Å². The van der Waals surface area contributed by atoms with Gasteiger partial charge in [-0.2, -0.15) is 0 Å². The van der Waals surface area contributed by atoms with Crippen molar-refractivity contribution in [2.24, 2.45) is 0 Å². The SMILES string of the molecule is CNC(=O)c1ccc(NCc2ccc(Cl)cc2Cl)c(C)c1. The molecular weight excluding hydrogens is 307 g/mol. The molecule has 0 heterocycles. The van der Waals surface area contributed by atoms with E-state index in [-0.39, 0.29) is 5.91 Å². The van der Waals surface area contributed by atoms with Gasteiger partial charge in [0.15, 0.2) is 0 Å². The molecule has 2 aromatic carbocycles. The third kappa shape index (κ3) is 3.90. The molecule has 0 radical (unpaired) electrons. The summed E-state index contributed by atoms with van der Waals surface area (Å²) in [6, 6.07) is 11.0. The molecule has 3 nitrogen and oxygen atoms in total. The second kappa shape index (κ2) is 6.83. The van der Waals surface area contributed by atoms with Crippen molar-refractivity contribution in [3.63, 3.8) is 0 Å². The van der Waals surface area contributed by atoms with Gasteiger partial charge in [0.2, 0.25) is 0 Å². The summed E-state index contributed by atoms with van der Waals surface area (Å²) in [5, 5.41) is 7.18. The van der Waals surface area contributed by atoms with Gasteiger partial charge in [-0.25, -0.2) is 0 Å². The first-order valence-electron chi connectivity index (χ1n) is 6.52. The summed E-state index contributed by atoms with van der Waals surface area (Å²) in [4.78, 5) is 11.6. The Hall–Kier alpha value is -1.71. The maximum absolute atomic E-state index is 11.6. The van der Waals surface area contributed by atoms with Gasteiger partial charge in [0.1, 0.15) is 0 Å². The number of amides is 1. The number of aryl methyl sites for hydroxylation is 1. The number of benzene rings is 2. The van der Waals surface area contributed by atoms with Crippen LogP contribution in [-0.4, -0.2) is 13.0 Å². The molecule has 0 spiro atoms. The summed E-state index contributed by atoms with van der Waals surface area (Å²) in [5.74, 6) is -0.0922. The molecule has 1 amide bonds. The Balaban J connectivity index is 2.11. The number of carbonyl (C=O) groups excluding carboxylic acids is 1. The van der Waals surface area contributed by atoms with Crippen LogP contribution in [0, 0.1) is 6.92 Å². The fourth-order valence-corrected chi connectivity index (χ4v) is 2.48. The Morgan fingerprint density at radius 3 is 2.52 bits per heavy atom. The highest BCUT2D eigenvalue weighted by atomic mass is 35.5. The molecule has 0 unspecified atom stereocenters. The van der Waals surface area contributed by atoms with Gasteiger partial charge in [0, 0.05) is 34.9 Å². The van der Waals surface area contributed by atoms with E-state index in [9.17, 15) is 4.79 Å². The number of hydrogen-bond acceptors (Lipinski definition) is 2. The molecule has 0 saturated carbocycles. The first-order valence-corrected chi connectivity index (χ1v) is 7.27. The molecule has 5 heteroatoms. The Bertz CT molecular complexity index is 671. The standard InChI is InChI=1S/C16H16Cl2N2O/c1-10-7-11(16(21)19-2)4-6-15(10)20-9-12-3-5-13(17)8-14(12)18/h3-8,20H,9H2,1-2H3,(H,19,21). The fourth-order valence-electron chi connectivity index (χ4n) is 2.00. The topological polar surface area (TPSA) is 41.1 Å². The zero-order valence-corrected chi connectivity index (χ0v) is 13.3. The van der Waals surface area contributed by atoms with Gasteiger partial charge in [-0.3, -0.25) is 4.79 Å². The average Bonchev–Trinajstić information content (AvgIpc) is 2.46. The van der Waals surface area contributed by atoms with E-state index in [1.165, 1.54) is 0 Å². The molecule has 2 N–H and O–H groups in total. The maximum Gasteiger partial charge on any atom is 0.251 e. The molecule has 0 aliphatic heterocycles. The smallest absolute Gasteiger partial charge is 0.251 e. The molecule has 0 aliphatic carbocycles. The van der Waals surface area contributed by atoms with Crippen LogP contribution in [-0.2, 0) is 6.54 Å². The zero-order chi connectivity index (χ0) is 15.4. The molecule has 0 aromatic heterocycles. The van der Waals surface area contributed by atoms with E-state index in [0.29, 0.717) is 22.2 Å². The predicted octanol–water partition coefficient (Wildman–Crippen LogP) is 4.27. The summed E-state index contributed by atoms with van der Waals surface area (Å²) in [7, 11) is 1.62.